The molecule has 1 aliphatic heterocycles. The minimum absolute atomic E-state index is 0.246. The molecule has 1 saturated heterocycles. The third kappa shape index (κ3) is 37.7. The Morgan fingerprint density at radius 3 is 1.25 bits per heavy atom. The Bertz CT molecular complexity index is 1250. The topological polar surface area (TPSA) is 189 Å². The number of unbranched alkanes of at least 4 members (excludes halogenated alkanes) is 33. The molecule has 1 rings (SSSR count). The van der Waals surface area contributed by atoms with Gasteiger partial charge in [0.1, 0.15) is 36.6 Å². The molecule has 8 N–H and O–H groups in total. The van der Waals surface area contributed by atoms with Crippen LogP contribution in [0.5, 0.6) is 0 Å². The summed E-state index contributed by atoms with van der Waals surface area (Å²) in [6, 6.07) is -1.19. The van der Waals surface area contributed by atoms with Gasteiger partial charge in [0.15, 0.2) is 6.29 Å². The molecule has 0 spiro atoms. The van der Waals surface area contributed by atoms with Crippen LogP contribution in [0.4, 0.5) is 0 Å². The van der Waals surface area contributed by atoms with Gasteiger partial charge in [-0.05, 0) is 77.0 Å². The number of carbonyl (C=O) groups excluding carboxylic acids is 1. The highest BCUT2D eigenvalue weighted by atomic mass is 16.7. The zero-order chi connectivity index (χ0) is 51.8. The summed E-state index contributed by atoms with van der Waals surface area (Å²) < 4.78 is 11.1. The number of hydrogen-bond donors (Lipinski definition) is 8. The summed E-state index contributed by atoms with van der Waals surface area (Å²) in [5.74, 6) is -0.709. The minimum Gasteiger partial charge on any atom is -0.394 e. The number of rotatable bonds is 51. The molecule has 1 heterocycles. The summed E-state index contributed by atoms with van der Waals surface area (Å²) in [5.41, 5.74) is 0. The fraction of sp³-hybridized carbons (Fsp3) is 0.883. The Morgan fingerprint density at radius 1 is 0.479 bits per heavy atom. The predicted octanol–water partition coefficient (Wildman–Crippen LogP) is 12.7. The summed E-state index contributed by atoms with van der Waals surface area (Å²) in [5, 5.41) is 76.0. The van der Waals surface area contributed by atoms with Crippen molar-refractivity contribution in [1.82, 2.24) is 5.32 Å². The lowest BCUT2D eigenvalue weighted by atomic mass is 9.98. The largest absolute Gasteiger partial charge is 0.394 e. The Labute approximate surface area is 435 Å². The van der Waals surface area contributed by atoms with E-state index in [-0.39, 0.29) is 12.8 Å². The van der Waals surface area contributed by atoms with Gasteiger partial charge in [0.25, 0.3) is 0 Å². The molecule has 1 amide bonds. The van der Waals surface area contributed by atoms with Crippen molar-refractivity contribution in [3.05, 3.63) is 36.5 Å². The van der Waals surface area contributed by atoms with Crippen molar-refractivity contribution in [2.75, 3.05) is 13.2 Å². The highest BCUT2D eigenvalue weighted by molar-refractivity contribution is 5.80. The first-order valence-electron chi connectivity index (χ1n) is 29.9. The first kappa shape index (κ1) is 67.3. The van der Waals surface area contributed by atoms with E-state index in [4.69, 9.17) is 9.47 Å². The average Bonchev–Trinajstić information content (AvgIpc) is 3.37. The molecule has 71 heavy (non-hydrogen) atoms. The lowest BCUT2D eigenvalue weighted by Gasteiger charge is -2.40. The van der Waals surface area contributed by atoms with Crippen molar-refractivity contribution in [2.45, 2.75) is 326 Å². The maximum Gasteiger partial charge on any atom is 0.249 e. The second kappa shape index (κ2) is 49.2. The molecule has 0 saturated carbocycles. The molecule has 11 heteroatoms. The van der Waals surface area contributed by atoms with E-state index in [1.54, 1.807) is 0 Å². The Hall–Kier alpha value is -1.67. The van der Waals surface area contributed by atoms with Crippen molar-refractivity contribution in [3.8, 4) is 0 Å². The highest BCUT2D eigenvalue weighted by Crippen LogP contribution is 2.23. The molecule has 9 unspecified atom stereocenters. The summed E-state index contributed by atoms with van der Waals surface area (Å²) >= 11 is 0. The van der Waals surface area contributed by atoms with Gasteiger partial charge in [-0.25, -0.2) is 0 Å². The number of carbonyl (C=O) groups is 1. The Balaban J connectivity index is 2.23. The molecule has 1 fully saturated rings. The van der Waals surface area contributed by atoms with Gasteiger partial charge < -0.3 is 50.5 Å². The van der Waals surface area contributed by atoms with Crippen LogP contribution in [-0.2, 0) is 14.3 Å². The molecule has 11 nitrogen and oxygen atoms in total. The summed E-state index contributed by atoms with van der Waals surface area (Å²) in [6.45, 7) is 3.43. The zero-order valence-corrected chi connectivity index (χ0v) is 45.7. The average molecular weight is 1010 g/mol. The van der Waals surface area contributed by atoms with Crippen LogP contribution in [0.25, 0.3) is 0 Å². The minimum atomic E-state index is -1.67. The molecule has 0 aromatic rings. The van der Waals surface area contributed by atoms with E-state index in [0.29, 0.717) is 19.3 Å². The number of allylic oxidation sites excluding steroid dienone is 6. The van der Waals surface area contributed by atoms with E-state index in [0.717, 1.165) is 38.5 Å². The van der Waals surface area contributed by atoms with Crippen LogP contribution in [0.3, 0.4) is 0 Å². The normalized spacial score (nSPS) is 20.4. The van der Waals surface area contributed by atoms with Gasteiger partial charge in [0, 0.05) is 0 Å². The quantitative estimate of drug-likeness (QED) is 0.0215. The van der Waals surface area contributed by atoms with Gasteiger partial charge in [-0.3, -0.25) is 4.79 Å². The highest BCUT2D eigenvalue weighted by Gasteiger charge is 2.44. The Morgan fingerprint density at radius 2 is 0.845 bits per heavy atom. The van der Waals surface area contributed by atoms with Crippen LogP contribution in [0.1, 0.15) is 271 Å². The third-order valence-corrected chi connectivity index (χ3v) is 14.4. The maximum absolute atomic E-state index is 13.2. The first-order chi connectivity index (χ1) is 34.7. The van der Waals surface area contributed by atoms with Gasteiger partial charge >= 0.3 is 0 Å². The summed E-state index contributed by atoms with van der Waals surface area (Å²) in [4.78, 5) is 13.2. The number of aliphatic hydroxyl groups excluding tert-OH is 7. The summed E-state index contributed by atoms with van der Waals surface area (Å²) in [7, 11) is 0. The van der Waals surface area contributed by atoms with E-state index in [2.05, 4.69) is 55.6 Å². The summed E-state index contributed by atoms with van der Waals surface area (Å²) in [6.07, 6.45) is 49.4. The molecule has 0 bridgehead atoms. The van der Waals surface area contributed by atoms with E-state index in [9.17, 15) is 40.5 Å². The van der Waals surface area contributed by atoms with Crippen LogP contribution in [0.2, 0.25) is 0 Å². The second-order valence-corrected chi connectivity index (χ2v) is 21.0. The molecular formula is C60H113NO10. The number of ether oxygens (including phenoxy) is 2. The van der Waals surface area contributed by atoms with Gasteiger partial charge in [-0.15, -0.1) is 0 Å². The molecule has 9 atom stereocenters. The maximum atomic E-state index is 13.2. The molecule has 0 aromatic carbocycles. The molecule has 0 radical (unpaired) electrons. The monoisotopic (exact) mass is 1010 g/mol. The van der Waals surface area contributed by atoms with Gasteiger partial charge in [-0.2, -0.15) is 0 Å². The van der Waals surface area contributed by atoms with Gasteiger partial charge in [0.2, 0.25) is 5.91 Å². The fourth-order valence-electron chi connectivity index (χ4n) is 9.51. The SMILES string of the molecule is CCCCCCC/C=C/CC/C=C/CCCC(O)C(O)C(COC1OC(CO)C(O)C(O)C1O)NC(=O)C(O)CCCCCCCCCCCCCCCC/C=C\CCCCCCCCCCCCCC. The van der Waals surface area contributed by atoms with Crippen LogP contribution in [0.15, 0.2) is 36.5 Å². The zero-order valence-electron chi connectivity index (χ0n) is 45.7. The number of hydrogen-bond acceptors (Lipinski definition) is 10. The van der Waals surface area contributed by atoms with Crippen molar-refractivity contribution >= 4 is 5.91 Å². The fourth-order valence-corrected chi connectivity index (χ4v) is 9.51. The molecule has 1 aliphatic rings. The van der Waals surface area contributed by atoms with Gasteiger partial charge in [-0.1, -0.05) is 230 Å². The lowest BCUT2D eigenvalue weighted by molar-refractivity contribution is -0.303. The molecule has 0 aromatic heterocycles. The molecule has 0 aliphatic carbocycles. The number of nitrogens with one attached hydrogen (secondary N) is 1. The van der Waals surface area contributed by atoms with Crippen molar-refractivity contribution in [3.63, 3.8) is 0 Å². The molecular weight excluding hydrogens is 895 g/mol. The molecule has 418 valence electrons. The standard InChI is InChI=1S/C60H113NO10/c1-3-5-7-9-11-13-15-17-19-20-21-22-23-24-25-26-27-28-29-30-31-32-33-34-36-38-40-42-44-46-48-53(64)59(69)61-51(50-70-60-58(68)57(67)56(66)54(49-62)71-60)55(65)52(63)47-45-43-41-39-37-35-18-16-14-12-10-8-6-4-2/h16,18,24-25,39,41,51-58,60,62-68H,3-15,17,19-23,26-38,40,42-50H2,1-2H3,(H,61,69)/b18-16+,25-24-,41-39+. The van der Waals surface area contributed by atoms with E-state index >= 15 is 0 Å². The van der Waals surface area contributed by atoms with E-state index in [1.165, 1.54) is 186 Å². The van der Waals surface area contributed by atoms with Crippen LogP contribution < -0.4 is 5.32 Å². The predicted molar refractivity (Wildman–Crippen MR) is 293 cm³/mol. The van der Waals surface area contributed by atoms with Crippen molar-refractivity contribution in [2.24, 2.45) is 0 Å². The lowest BCUT2D eigenvalue weighted by Crippen LogP contribution is -2.60. The number of amides is 1. The van der Waals surface area contributed by atoms with Crippen molar-refractivity contribution < 1.29 is 50.0 Å². The smallest absolute Gasteiger partial charge is 0.249 e. The van der Waals surface area contributed by atoms with E-state index in [1.807, 2.05) is 0 Å². The first-order valence-corrected chi connectivity index (χ1v) is 29.9. The Kier molecular flexibility index (Phi) is 46.7. The van der Waals surface area contributed by atoms with Crippen molar-refractivity contribution in [1.29, 1.82) is 0 Å². The third-order valence-electron chi connectivity index (χ3n) is 14.4. The van der Waals surface area contributed by atoms with Crippen LogP contribution in [0, 0.1) is 0 Å². The second-order valence-electron chi connectivity index (χ2n) is 21.0. The van der Waals surface area contributed by atoms with Crippen LogP contribution >= 0.6 is 0 Å². The number of aliphatic hydroxyl groups is 7. The van der Waals surface area contributed by atoms with Crippen LogP contribution in [-0.4, -0.2) is 110 Å². The van der Waals surface area contributed by atoms with E-state index < -0.39 is 74.2 Å². The van der Waals surface area contributed by atoms with Gasteiger partial charge in [0.05, 0.1) is 25.4 Å².